The standard InChI is InChI=1S/C23H29ClN4O4/c1-2-32-22(30)20-16-18(6-9-21(20)29)26-23(31)25-10-3-11-27-12-14-28(15-13-27)19-7-4-17(24)5-8-19/h4-9,16,29H,2-3,10-15H2,1H3,(H2,25,26,31). The van der Waals surface area contributed by atoms with Crippen molar-refractivity contribution >= 4 is 35.0 Å². The van der Waals surface area contributed by atoms with Gasteiger partial charge in [0, 0.05) is 49.1 Å². The number of phenols is 1. The lowest BCUT2D eigenvalue weighted by Crippen LogP contribution is -2.47. The first kappa shape index (κ1) is 23.7. The Morgan fingerprint density at radius 1 is 1.09 bits per heavy atom. The number of halogens is 1. The maximum absolute atomic E-state index is 12.1. The van der Waals surface area contributed by atoms with Crippen molar-refractivity contribution in [2.24, 2.45) is 0 Å². The van der Waals surface area contributed by atoms with Crippen LogP contribution >= 0.6 is 11.6 Å². The number of amides is 2. The molecule has 1 fully saturated rings. The summed E-state index contributed by atoms with van der Waals surface area (Å²) >= 11 is 5.96. The minimum absolute atomic E-state index is 0.0161. The van der Waals surface area contributed by atoms with Gasteiger partial charge in [-0.15, -0.1) is 0 Å². The molecule has 0 aliphatic carbocycles. The van der Waals surface area contributed by atoms with E-state index in [0.29, 0.717) is 12.2 Å². The van der Waals surface area contributed by atoms with E-state index < -0.39 is 5.97 Å². The van der Waals surface area contributed by atoms with Gasteiger partial charge in [0.2, 0.25) is 0 Å². The number of hydrogen-bond donors (Lipinski definition) is 3. The zero-order valence-corrected chi connectivity index (χ0v) is 18.9. The molecule has 0 spiro atoms. The molecule has 0 bridgehead atoms. The van der Waals surface area contributed by atoms with Crippen LogP contribution in [0.2, 0.25) is 5.02 Å². The van der Waals surface area contributed by atoms with Crippen LogP contribution in [0.25, 0.3) is 0 Å². The minimum atomic E-state index is -0.634. The zero-order valence-electron chi connectivity index (χ0n) is 18.1. The van der Waals surface area contributed by atoms with Gasteiger partial charge in [0.05, 0.1) is 6.61 Å². The number of rotatable bonds is 8. The molecule has 2 aromatic rings. The van der Waals surface area contributed by atoms with Crippen LogP contribution in [0.1, 0.15) is 23.7 Å². The Morgan fingerprint density at radius 2 is 1.81 bits per heavy atom. The lowest BCUT2D eigenvalue weighted by atomic mass is 10.2. The van der Waals surface area contributed by atoms with Crippen molar-refractivity contribution in [1.29, 1.82) is 0 Å². The summed E-state index contributed by atoms with van der Waals surface area (Å²) in [6, 6.07) is 11.8. The van der Waals surface area contributed by atoms with E-state index in [1.807, 2.05) is 24.3 Å². The highest BCUT2D eigenvalue weighted by Gasteiger charge is 2.17. The second kappa shape index (κ2) is 11.6. The molecule has 0 aromatic heterocycles. The number of aromatic hydroxyl groups is 1. The number of anilines is 2. The van der Waals surface area contributed by atoms with Gasteiger partial charge in [-0.05, 0) is 62.4 Å². The van der Waals surface area contributed by atoms with Gasteiger partial charge in [-0.1, -0.05) is 11.6 Å². The van der Waals surface area contributed by atoms with E-state index in [9.17, 15) is 14.7 Å². The number of piperazine rings is 1. The van der Waals surface area contributed by atoms with Crippen molar-refractivity contribution in [2.75, 3.05) is 56.1 Å². The molecule has 0 radical (unpaired) electrons. The summed E-state index contributed by atoms with van der Waals surface area (Å²) in [7, 11) is 0. The number of carbonyl (C=O) groups is 2. The maximum atomic E-state index is 12.1. The van der Waals surface area contributed by atoms with Crippen LogP contribution in [0.3, 0.4) is 0 Å². The van der Waals surface area contributed by atoms with E-state index in [1.165, 1.54) is 23.9 Å². The molecule has 0 saturated carbocycles. The van der Waals surface area contributed by atoms with E-state index in [2.05, 4.69) is 20.4 Å². The highest BCUT2D eigenvalue weighted by molar-refractivity contribution is 6.30. The van der Waals surface area contributed by atoms with E-state index in [1.54, 1.807) is 6.92 Å². The molecule has 1 aliphatic rings. The van der Waals surface area contributed by atoms with E-state index in [0.717, 1.165) is 44.2 Å². The average Bonchev–Trinajstić information content (AvgIpc) is 2.79. The molecule has 1 heterocycles. The van der Waals surface area contributed by atoms with Gasteiger partial charge in [-0.3, -0.25) is 4.90 Å². The first-order valence-electron chi connectivity index (χ1n) is 10.7. The molecular weight excluding hydrogens is 432 g/mol. The molecule has 1 saturated heterocycles. The molecule has 3 rings (SSSR count). The van der Waals surface area contributed by atoms with Crippen LogP contribution in [0.5, 0.6) is 5.75 Å². The topological polar surface area (TPSA) is 94.1 Å². The quantitative estimate of drug-likeness (QED) is 0.317. The fourth-order valence-corrected chi connectivity index (χ4v) is 3.67. The van der Waals surface area contributed by atoms with Gasteiger partial charge < -0.3 is 25.4 Å². The van der Waals surface area contributed by atoms with Gasteiger partial charge >= 0.3 is 12.0 Å². The molecule has 2 aromatic carbocycles. The average molecular weight is 461 g/mol. The first-order valence-corrected chi connectivity index (χ1v) is 11.1. The summed E-state index contributed by atoms with van der Waals surface area (Å²) in [5.74, 6) is -0.823. The smallest absolute Gasteiger partial charge is 0.341 e. The Labute approximate surface area is 193 Å². The van der Waals surface area contributed by atoms with Crippen LogP contribution in [-0.2, 0) is 4.74 Å². The first-order chi connectivity index (χ1) is 15.5. The summed E-state index contributed by atoms with van der Waals surface area (Å²) in [5, 5.41) is 16.1. The number of nitrogens with zero attached hydrogens (tertiary/aromatic N) is 2. The normalized spacial score (nSPS) is 14.1. The van der Waals surface area contributed by atoms with Crippen LogP contribution in [0, 0.1) is 0 Å². The number of hydrogen-bond acceptors (Lipinski definition) is 6. The molecule has 32 heavy (non-hydrogen) atoms. The van der Waals surface area contributed by atoms with Gasteiger partial charge in [0.25, 0.3) is 0 Å². The van der Waals surface area contributed by atoms with E-state index in [-0.39, 0.29) is 24.0 Å². The van der Waals surface area contributed by atoms with Crippen LogP contribution in [-0.4, -0.2) is 67.9 Å². The highest BCUT2D eigenvalue weighted by Crippen LogP contribution is 2.22. The molecule has 3 N–H and O–H groups in total. The molecule has 0 atom stereocenters. The Hall–Kier alpha value is -2.97. The fourth-order valence-electron chi connectivity index (χ4n) is 3.55. The minimum Gasteiger partial charge on any atom is -0.507 e. The second-order valence-electron chi connectivity index (χ2n) is 7.49. The van der Waals surface area contributed by atoms with Gasteiger partial charge in [-0.25, -0.2) is 9.59 Å². The predicted octanol–water partition coefficient (Wildman–Crippen LogP) is 3.56. The number of carbonyl (C=O) groups excluding carboxylic acids is 2. The third-order valence-corrected chi connectivity index (χ3v) is 5.50. The Morgan fingerprint density at radius 3 is 2.50 bits per heavy atom. The molecular formula is C23H29ClN4O4. The van der Waals surface area contributed by atoms with Crippen molar-refractivity contribution in [3.05, 3.63) is 53.1 Å². The Kier molecular flexibility index (Phi) is 8.58. The van der Waals surface area contributed by atoms with E-state index >= 15 is 0 Å². The molecule has 172 valence electrons. The maximum Gasteiger partial charge on any atom is 0.341 e. The number of urea groups is 1. The number of benzene rings is 2. The van der Waals surface area contributed by atoms with Crippen molar-refractivity contribution in [2.45, 2.75) is 13.3 Å². The van der Waals surface area contributed by atoms with Crippen molar-refractivity contribution in [3.63, 3.8) is 0 Å². The number of esters is 1. The van der Waals surface area contributed by atoms with Gasteiger partial charge in [0.15, 0.2) is 0 Å². The molecule has 2 amide bonds. The summed E-state index contributed by atoms with van der Waals surface area (Å²) in [4.78, 5) is 28.7. The number of phenolic OH excluding ortho intramolecular Hbond substituents is 1. The van der Waals surface area contributed by atoms with Crippen molar-refractivity contribution in [3.8, 4) is 5.75 Å². The summed E-state index contributed by atoms with van der Waals surface area (Å²) in [6.45, 7) is 7.18. The summed E-state index contributed by atoms with van der Waals surface area (Å²) < 4.78 is 4.90. The third-order valence-electron chi connectivity index (χ3n) is 5.25. The van der Waals surface area contributed by atoms with Crippen LogP contribution in [0.15, 0.2) is 42.5 Å². The lowest BCUT2D eigenvalue weighted by Gasteiger charge is -2.36. The summed E-state index contributed by atoms with van der Waals surface area (Å²) in [5.41, 5.74) is 1.61. The fraction of sp³-hybridized carbons (Fsp3) is 0.391. The van der Waals surface area contributed by atoms with Crippen molar-refractivity contribution in [1.82, 2.24) is 10.2 Å². The second-order valence-corrected chi connectivity index (χ2v) is 7.93. The van der Waals surface area contributed by atoms with Gasteiger partial charge in [-0.2, -0.15) is 0 Å². The SMILES string of the molecule is CCOC(=O)c1cc(NC(=O)NCCCN2CCN(c3ccc(Cl)cc3)CC2)ccc1O. The number of nitrogens with one attached hydrogen (secondary N) is 2. The van der Waals surface area contributed by atoms with Crippen LogP contribution < -0.4 is 15.5 Å². The van der Waals surface area contributed by atoms with Crippen LogP contribution in [0.4, 0.5) is 16.2 Å². The summed E-state index contributed by atoms with van der Waals surface area (Å²) in [6.07, 6.45) is 0.831. The monoisotopic (exact) mass is 460 g/mol. The van der Waals surface area contributed by atoms with Gasteiger partial charge in [0.1, 0.15) is 11.3 Å². The molecule has 9 heteroatoms. The molecule has 8 nitrogen and oxygen atoms in total. The highest BCUT2D eigenvalue weighted by atomic mass is 35.5. The predicted molar refractivity (Wildman–Crippen MR) is 126 cm³/mol. The van der Waals surface area contributed by atoms with Crippen molar-refractivity contribution < 1.29 is 19.4 Å². The largest absolute Gasteiger partial charge is 0.507 e. The van der Waals surface area contributed by atoms with E-state index in [4.69, 9.17) is 16.3 Å². The Balaban J connectivity index is 1.36. The number of ether oxygens (including phenoxy) is 1. The Bertz CT molecular complexity index is 915. The molecule has 1 aliphatic heterocycles. The lowest BCUT2D eigenvalue weighted by molar-refractivity contribution is 0.0523. The molecule has 0 unspecified atom stereocenters. The third kappa shape index (κ3) is 6.77. The zero-order chi connectivity index (χ0) is 22.9.